The molecule has 1 aromatic carbocycles. The van der Waals surface area contributed by atoms with Crippen molar-refractivity contribution in [2.45, 2.75) is 83.8 Å². The Labute approximate surface area is 218 Å². The molecule has 2 aliphatic rings. The quantitative estimate of drug-likeness (QED) is 0.317. The second-order valence-corrected chi connectivity index (χ2v) is 11.7. The predicted octanol–water partition coefficient (Wildman–Crippen LogP) is 5.34. The highest BCUT2D eigenvalue weighted by molar-refractivity contribution is 6.04. The van der Waals surface area contributed by atoms with Crippen molar-refractivity contribution in [1.29, 1.82) is 0 Å². The van der Waals surface area contributed by atoms with Gasteiger partial charge in [0.2, 0.25) is 0 Å². The molecule has 5 rings (SSSR count). The van der Waals surface area contributed by atoms with Gasteiger partial charge in [-0.1, -0.05) is 13.8 Å². The normalized spacial score (nSPS) is 20.4. The van der Waals surface area contributed by atoms with Crippen LogP contribution in [0.5, 0.6) is 5.75 Å². The van der Waals surface area contributed by atoms with Crippen molar-refractivity contribution >= 4 is 22.5 Å². The van der Waals surface area contributed by atoms with Crippen LogP contribution in [0.3, 0.4) is 0 Å². The second kappa shape index (κ2) is 9.97. The average Bonchev–Trinajstić information content (AvgIpc) is 3.59. The summed E-state index contributed by atoms with van der Waals surface area (Å²) >= 11 is 0. The van der Waals surface area contributed by atoms with Crippen molar-refractivity contribution < 1.29 is 19.4 Å². The molecule has 2 aliphatic carbocycles. The summed E-state index contributed by atoms with van der Waals surface area (Å²) in [6, 6.07) is 9.08. The van der Waals surface area contributed by atoms with Gasteiger partial charge < -0.3 is 20.4 Å². The summed E-state index contributed by atoms with van der Waals surface area (Å²) in [5.41, 5.74) is 1.30. The van der Waals surface area contributed by atoms with E-state index in [0.717, 1.165) is 49.4 Å². The van der Waals surface area contributed by atoms with Crippen LogP contribution in [0.4, 0.5) is 5.69 Å². The summed E-state index contributed by atoms with van der Waals surface area (Å²) in [5.74, 6) is 0.959. The number of hydrogen-bond acceptors (Lipinski definition) is 5. The second-order valence-electron chi connectivity index (χ2n) is 11.7. The van der Waals surface area contributed by atoms with Gasteiger partial charge >= 0.3 is 5.91 Å². The molecule has 2 N–H and O–H groups in total. The van der Waals surface area contributed by atoms with Gasteiger partial charge in [-0.15, -0.1) is 0 Å². The number of aromatic nitrogens is 3. The Bertz CT molecular complexity index is 1280. The van der Waals surface area contributed by atoms with Gasteiger partial charge in [-0.3, -0.25) is 9.48 Å². The van der Waals surface area contributed by atoms with Crippen LogP contribution in [-0.4, -0.2) is 33.0 Å². The Hall–Kier alpha value is -3.13. The maximum atomic E-state index is 13.2. The number of pyridine rings is 1. The van der Waals surface area contributed by atoms with E-state index in [0.29, 0.717) is 40.3 Å². The summed E-state index contributed by atoms with van der Waals surface area (Å²) in [6.07, 6.45) is 8.20. The number of benzene rings is 1. The molecule has 3 aromatic rings. The molecule has 0 bridgehead atoms. The average molecular weight is 507 g/mol. The van der Waals surface area contributed by atoms with Gasteiger partial charge in [0.15, 0.2) is 5.69 Å². The first-order valence-corrected chi connectivity index (χ1v) is 13.5. The van der Waals surface area contributed by atoms with Gasteiger partial charge in [0.25, 0.3) is 5.69 Å². The number of anilines is 1. The first kappa shape index (κ1) is 25.5. The molecule has 198 valence electrons. The molecule has 0 radical (unpaired) electrons. The fraction of sp³-hybridized carbons (Fsp3) is 0.552. The molecule has 0 saturated heterocycles. The van der Waals surface area contributed by atoms with E-state index in [1.807, 2.05) is 50.7 Å². The van der Waals surface area contributed by atoms with Crippen LogP contribution in [0.15, 0.2) is 36.5 Å². The summed E-state index contributed by atoms with van der Waals surface area (Å²) in [7, 11) is 0. The lowest BCUT2D eigenvalue weighted by Gasteiger charge is -2.35. The Morgan fingerprint density at radius 3 is 2.59 bits per heavy atom. The number of carbonyl (C=O) groups excluding carboxylic acids is 1. The molecule has 2 heterocycles. The lowest BCUT2D eigenvalue weighted by Crippen LogP contribution is -2.41. The monoisotopic (exact) mass is 506 g/mol. The topological polar surface area (TPSA) is 103 Å². The summed E-state index contributed by atoms with van der Waals surface area (Å²) in [4.78, 5) is 13.2. The van der Waals surface area contributed by atoms with Gasteiger partial charge in [-0.25, -0.2) is 0 Å². The van der Waals surface area contributed by atoms with Crippen LogP contribution >= 0.6 is 0 Å². The number of ether oxygens (including phenoxy) is 1. The van der Waals surface area contributed by atoms with Crippen molar-refractivity contribution in [1.82, 2.24) is 9.78 Å². The third kappa shape index (κ3) is 5.59. The minimum atomic E-state index is -0.655. The molecule has 2 aromatic heterocycles. The highest BCUT2D eigenvalue weighted by atomic mass is 16.5. The number of nitrogens with one attached hydrogen (secondary N) is 1. The van der Waals surface area contributed by atoms with Crippen molar-refractivity contribution in [3.63, 3.8) is 0 Å². The van der Waals surface area contributed by atoms with Crippen molar-refractivity contribution in [3.8, 4) is 5.75 Å². The Kier molecular flexibility index (Phi) is 6.88. The number of rotatable bonds is 8. The smallest absolute Gasteiger partial charge is 0.321 e. The van der Waals surface area contributed by atoms with Crippen molar-refractivity contribution in [3.05, 3.63) is 53.1 Å². The van der Waals surface area contributed by atoms with E-state index in [4.69, 9.17) is 9.84 Å². The van der Waals surface area contributed by atoms with Gasteiger partial charge in [-0.05, 0) is 76.3 Å². The number of nitrogens with zero attached hydrogens (tertiary/aromatic N) is 3. The Morgan fingerprint density at radius 2 is 1.95 bits per heavy atom. The van der Waals surface area contributed by atoms with Crippen LogP contribution in [0, 0.1) is 17.0 Å². The summed E-state index contributed by atoms with van der Waals surface area (Å²) < 4.78 is 8.87. The van der Waals surface area contributed by atoms with Crippen LogP contribution in [0.25, 0.3) is 10.9 Å². The van der Waals surface area contributed by atoms with Crippen molar-refractivity contribution in [2.24, 2.45) is 11.8 Å². The van der Waals surface area contributed by atoms with Crippen LogP contribution < -0.4 is 14.8 Å². The zero-order chi connectivity index (χ0) is 26.3. The fourth-order valence-electron chi connectivity index (χ4n) is 5.31. The maximum absolute atomic E-state index is 13.2. The zero-order valence-electron chi connectivity index (χ0n) is 22.2. The predicted molar refractivity (Wildman–Crippen MR) is 143 cm³/mol. The molecule has 2 fully saturated rings. The fourth-order valence-corrected chi connectivity index (χ4v) is 5.31. The molecule has 0 atom stereocenters. The van der Waals surface area contributed by atoms with Gasteiger partial charge in [0, 0.05) is 35.7 Å². The third-order valence-corrected chi connectivity index (χ3v) is 7.91. The highest BCUT2D eigenvalue weighted by Gasteiger charge is 2.32. The molecular formula is C29H38N4O4. The standard InChI is InChI=1S/C29H38N4O4/c1-18(2)25-6-5-7-26(33(25)36)28(34)30-24-14-20-16-32(22-12-10-21(11-13-22)29(3,4)35)31-23(20)15-27(24)37-17-19-8-9-19/h5-7,14-16,18-19,21-22,35H,8-13,17H2,1-4H3,(H,30,34). The van der Waals surface area contributed by atoms with E-state index in [2.05, 4.69) is 5.32 Å². The van der Waals surface area contributed by atoms with Gasteiger partial charge in [0.1, 0.15) is 5.75 Å². The van der Waals surface area contributed by atoms with E-state index in [1.165, 1.54) is 0 Å². The molecule has 8 nitrogen and oxygen atoms in total. The molecule has 8 heteroatoms. The largest absolute Gasteiger partial charge is 0.618 e. The molecule has 0 aliphatic heterocycles. The van der Waals surface area contributed by atoms with Crippen LogP contribution in [0.1, 0.15) is 94.4 Å². The lowest BCUT2D eigenvalue weighted by molar-refractivity contribution is -0.617. The van der Waals surface area contributed by atoms with Crippen LogP contribution in [0.2, 0.25) is 0 Å². The van der Waals surface area contributed by atoms with E-state index in [9.17, 15) is 15.1 Å². The third-order valence-electron chi connectivity index (χ3n) is 7.91. The van der Waals surface area contributed by atoms with Gasteiger partial charge in [0.05, 0.1) is 29.5 Å². The highest BCUT2D eigenvalue weighted by Crippen LogP contribution is 2.39. The van der Waals surface area contributed by atoms with Crippen LogP contribution in [-0.2, 0) is 0 Å². The van der Waals surface area contributed by atoms with E-state index in [-0.39, 0.29) is 17.7 Å². The first-order chi connectivity index (χ1) is 17.6. The zero-order valence-corrected chi connectivity index (χ0v) is 22.2. The van der Waals surface area contributed by atoms with E-state index in [1.54, 1.807) is 18.2 Å². The Balaban J connectivity index is 1.41. The van der Waals surface area contributed by atoms with E-state index >= 15 is 0 Å². The summed E-state index contributed by atoms with van der Waals surface area (Å²) in [6.45, 7) is 8.25. The number of carbonyl (C=O) groups is 1. The van der Waals surface area contributed by atoms with Gasteiger partial charge in [-0.2, -0.15) is 9.83 Å². The lowest BCUT2D eigenvalue weighted by atomic mass is 9.77. The molecule has 0 unspecified atom stereocenters. The number of amides is 1. The maximum Gasteiger partial charge on any atom is 0.321 e. The SMILES string of the molecule is CC(C)c1cccc(C(=O)Nc2cc3cn(C4CCC(C(C)(C)O)CC4)nc3cc2OCC2CC2)[n+]1[O-]. The molecule has 1 amide bonds. The molecule has 0 spiro atoms. The first-order valence-electron chi connectivity index (χ1n) is 13.5. The molecule has 2 saturated carbocycles. The minimum absolute atomic E-state index is 0.00314. The number of fused-ring (bicyclic) bond motifs is 1. The number of hydrogen-bond donors (Lipinski definition) is 2. The Morgan fingerprint density at radius 1 is 1.22 bits per heavy atom. The molecular weight excluding hydrogens is 468 g/mol. The van der Waals surface area contributed by atoms with Crippen molar-refractivity contribution in [2.75, 3.05) is 11.9 Å². The minimum Gasteiger partial charge on any atom is -0.618 e. The summed E-state index contributed by atoms with van der Waals surface area (Å²) in [5, 5.41) is 31.9. The molecule has 37 heavy (non-hydrogen) atoms. The van der Waals surface area contributed by atoms with E-state index < -0.39 is 11.5 Å². The number of aliphatic hydroxyl groups is 1.